The van der Waals surface area contributed by atoms with Crippen LogP contribution in [-0.4, -0.2) is 21.8 Å². The molecule has 3 aromatic carbocycles. The maximum absolute atomic E-state index is 12.8. The lowest BCUT2D eigenvalue weighted by molar-refractivity contribution is -0.121. The van der Waals surface area contributed by atoms with Crippen LogP contribution in [-0.2, 0) is 9.59 Å². The van der Waals surface area contributed by atoms with Crippen molar-refractivity contribution in [3.8, 4) is 11.4 Å². The maximum Gasteiger partial charge on any atom is 0.228 e. The van der Waals surface area contributed by atoms with Crippen LogP contribution < -0.4 is 10.6 Å². The molecule has 186 valence electrons. The normalized spacial score (nSPS) is 25.8. The first-order valence-electron chi connectivity index (χ1n) is 13.4. The van der Waals surface area contributed by atoms with E-state index >= 15 is 0 Å². The highest BCUT2D eigenvalue weighted by molar-refractivity contribution is 5.97. The van der Waals surface area contributed by atoms with Crippen molar-refractivity contribution in [2.45, 2.75) is 38.0 Å². The number of rotatable bonds is 6. The minimum absolute atomic E-state index is 0.0262. The molecule has 3 saturated carbocycles. The summed E-state index contributed by atoms with van der Waals surface area (Å²) >= 11 is 0. The number of amides is 2. The van der Waals surface area contributed by atoms with Gasteiger partial charge in [0.2, 0.25) is 11.8 Å². The third-order valence-electron chi connectivity index (χ3n) is 8.61. The number of carbonyl (C=O) groups is 2. The molecular weight excluding hydrogens is 460 g/mol. The van der Waals surface area contributed by atoms with Crippen molar-refractivity contribution in [2.75, 3.05) is 10.6 Å². The van der Waals surface area contributed by atoms with Crippen LogP contribution in [0.4, 0.5) is 11.4 Å². The number of nitrogens with zero attached hydrogens (tertiary/aromatic N) is 1. The van der Waals surface area contributed by atoms with Crippen LogP contribution in [0.15, 0.2) is 72.8 Å². The molecule has 1 aromatic heterocycles. The van der Waals surface area contributed by atoms with Gasteiger partial charge >= 0.3 is 0 Å². The van der Waals surface area contributed by atoms with E-state index in [1.165, 1.54) is 24.8 Å². The smallest absolute Gasteiger partial charge is 0.228 e. The van der Waals surface area contributed by atoms with Crippen molar-refractivity contribution < 1.29 is 9.59 Å². The van der Waals surface area contributed by atoms with E-state index in [0.717, 1.165) is 52.6 Å². The van der Waals surface area contributed by atoms with Gasteiger partial charge in [0.15, 0.2) is 0 Å². The molecule has 37 heavy (non-hydrogen) atoms. The number of carbonyl (C=O) groups excluding carboxylic acids is 2. The van der Waals surface area contributed by atoms with Crippen molar-refractivity contribution in [2.24, 2.45) is 23.7 Å². The highest BCUT2D eigenvalue weighted by atomic mass is 16.2. The van der Waals surface area contributed by atoms with E-state index in [4.69, 9.17) is 4.98 Å². The molecule has 0 saturated heterocycles. The van der Waals surface area contributed by atoms with Gasteiger partial charge in [-0.05, 0) is 91.5 Å². The highest BCUT2D eigenvalue weighted by Crippen LogP contribution is 2.49. The molecule has 0 aliphatic heterocycles. The fourth-order valence-corrected chi connectivity index (χ4v) is 6.52. The van der Waals surface area contributed by atoms with E-state index in [-0.39, 0.29) is 23.7 Å². The van der Waals surface area contributed by atoms with Gasteiger partial charge in [-0.15, -0.1) is 0 Å². The molecule has 2 amide bonds. The van der Waals surface area contributed by atoms with Crippen molar-refractivity contribution in [3.63, 3.8) is 0 Å². The lowest BCUT2D eigenvalue weighted by atomic mass is 9.88. The fraction of sp³-hybridized carbons (Fsp3) is 0.323. The topological polar surface area (TPSA) is 86.9 Å². The lowest BCUT2D eigenvalue weighted by Crippen LogP contribution is -2.27. The summed E-state index contributed by atoms with van der Waals surface area (Å²) in [5.41, 5.74) is 5.49. The number of hydrogen-bond acceptors (Lipinski definition) is 3. The Labute approximate surface area is 215 Å². The zero-order chi connectivity index (χ0) is 24.9. The fourth-order valence-electron chi connectivity index (χ4n) is 6.52. The second kappa shape index (κ2) is 8.87. The Bertz CT molecular complexity index is 1480. The zero-order valence-corrected chi connectivity index (χ0v) is 20.6. The summed E-state index contributed by atoms with van der Waals surface area (Å²) in [4.78, 5) is 33.7. The molecule has 0 spiro atoms. The number of benzene rings is 3. The summed E-state index contributed by atoms with van der Waals surface area (Å²) in [5, 5.41) is 6.19. The minimum atomic E-state index is 0.0262. The first-order chi connectivity index (χ1) is 18.1. The first-order valence-corrected chi connectivity index (χ1v) is 13.4. The number of nitrogens with one attached hydrogen (secondary N) is 3. The number of aromatic amines is 1. The Morgan fingerprint density at radius 2 is 1.54 bits per heavy atom. The molecule has 4 aromatic rings. The van der Waals surface area contributed by atoms with Crippen molar-refractivity contribution in [1.82, 2.24) is 9.97 Å². The van der Waals surface area contributed by atoms with Gasteiger partial charge in [-0.25, -0.2) is 4.98 Å². The molecule has 5 atom stereocenters. The Morgan fingerprint density at radius 1 is 0.784 bits per heavy atom. The summed E-state index contributed by atoms with van der Waals surface area (Å²) in [6.07, 6.45) is 5.66. The number of anilines is 2. The molecule has 3 fully saturated rings. The van der Waals surface area contributed by atoms with Gasteiger partial charge in [-0.2, -0.15) is 0 Å². The molecule has 3 aliphatic carbocycles. The average Bonchev–Trinajstić information content (AvgIpc) is 3.22. The third kappa shape index (κ3) is 4.31. The molecule has 1 heterocycles. The lowest BCUT2D eigenvalue weighted by Gasteiger charge is -2.20. The number of aromatic nitrogens is 2. The van der Waals surface area contributed by atoms with E-state index in [1.807, 2.05) is 60.7 Å². The summed E-state index contributed by atoms with van der Waals surface area (Å²) < 4.78 is 0. The van der Waals surface area contributed by atoms with Gasteiger partial charge in [-0.3, -0.25) is 9.59 Å². The molecule has 6 heteroatoms. The van der Waals surface area contributed by atoms with E-state index in [1.54, 1.807) is 0 Å². The standard InChI is InChI=1S/C31H30N4O2/c36-30(25-15-18-6-7-21(25)14-18)32-22-10-8-20(9-11-22)29-34-27-13-12-23(16-28(27)35-29)33-31(37)26-17-24(26)19-4-2-1-3-5-19/h1-5,8-13,16,18,21,24-26H,6-7,14-15,17H2,(H,32,36)(H,33,37)(H,34,35)/t18?,21?,24-,25?,26+/m0/s1. The molecule has 3 N–H and O–H groups in total. The first kappa shape index (κ1) is 22.3. The summed E-state index contributed by atoms with van der Waals surface area (Å²) in [6, 6.07) is 23.8. The van der Waals surface area contributed by atoms with E-state index in [9.17, 15) is 9.59 Å². The van der Waals surface area contributed by atoms with Gasteiger partial charge in [0.1, 0.15) is 5.82 Å². The summed E-state index contributed by atoms with van der Waals surface area (Å²) in [7, 11) is 0. The van der Waals surface area contributed by atoms with Gasteiger partial charge in [-0.1, -0.05) is 36.8 Å². The Balaban J connectivity index is 1.01. The Morgan fingerprint density at radius 3 is 2.30 bits per heavy atom. The second-order valence-corrected chi connectivity index (χ2v) is 11.0. The van der Waals surface area contributed by atoms with Crippen molar-refractivity contribution in [1.29, 1.82) is 0 Å². The SMILES string of the molecule is O=C(Nc1ccc(-c2nc3ccc(NC(=O)[C@@H]4C[C@H]4c4ccccc4)cc3[nH]2)cc1)C1CC2CCC1C2. The van der Waals surface area contributed by atoms with Crippen LogP contribution in [0.3, 0.4) is 0 Å². The minimum Gasteiger partial charge on any atom is -0.338 e. The Kier molecular flexibility index (Phi) is 5.34. The van der Waals surface area contributed by atoms with Crippen LogP contribution in [0.1, 0.15) is 43.6 Å². The highest BCUT2D eigenvalue weighted by Gasteiger charge is 2.44. The van der Waals surface area contributed by atoms with Crippen LogP contribution in [0.2, 0.25) is 0 Å². The number of fused-ring (bicyclic) bond motifs is 3. The van der Waals surface area contributed by atoms with Crippen LogP contribution >= 0.6 is 0 Å². The molecule has 0 radical (unpaired) electrons. The van der Waals surface area contributed by atoms with Crippen LogP contribution in [0.5, 0.6) is 0 Å². The molecule has 6 nitrogen and oxygen atoms in total. The van der Waals surface area contributed by atoms with Crippen LogP contribution in [0.25, 0.3) is 22.4 Å². The molecule has 7 rings (SSSR count). The predicted molar refractivity (Wildman–Crippen MR) is 145 cm³/mol. The molecule has 3 aliphatic rings. The number of imidazole rings is 1. The van der Waals surface area contributed by atoms with Gasteiger partial charge in [0, 0.05) is 28.8 Å². The number of hydrogen-bond donors (Lipinski definition) is 3. The van der Waals surface area contributed by atoms with E-state index in [0.29, 0.717) is 11.8 Å². The second-order valence-electron chi connectivity index (χ2n) is 11.0. The van der Waals surface area contributed by atoms with Crippen molar-refractivity contribution in [3.05, 3.63) is 78.4 Å². The summed E-state index contributed by atoms with van der Waals surface area (Å²) in [6.45, 7) is 0. The summed E-state index contributed by atoms with van der Waals surface area (Å²) in [5.74, 6) is 2.83. The predicted octanol–water partition coefficient (Wildman–Crippen LogP) is 6.35. The van der Waals surface area contributed by atoms with E-state index < -0.39 is 0 Å². The molecule has 3 unspecified atom stereocenters. The number of H-pyrrole nitrogens is 1. The van der Waals surface area contributed by atoms with Gasteiger partial charge in [0.05, 0.1) is 11.0 Å². The molecule has 2 bridgehead atoms. The van der Waals surface area contributed by atoms with Gasteiger partial charge < -0.3 is 15.6 Å². The maximum atomic E-state index is 12.8. The van der Waals surface area contributed by atoms with E-state index in [2.05, 4.69) is 27.8 Å². The van der Waals surface area contributed by atoms with Crippen molar-refractivity contribution >= 4 is 34.2 Å². The largest absolute Gasteiger partial charge is 0.338 e. The third-order valence-corrected chi connectivity index (χ3v) is 8.61. The van der Waals surface area contributed by atoms with Crippen LogP contribution in [0, 0.1) is 23.7 Å². The Hall–Kier alpha value is -3.93. The monoisotopic (exact) mass is 490 g/mol. The zero-order valence-electron chi connectivity index (χ0n) is 20.6. The average molecular weight is 491 g/mol. The van der Waals surface area contributed by atoms with Gasteiger partial charge in [0.25, 0.3) is 0 Å². The molecular formula is C31H30N4O2. The quantitative estimate of drug-likeness (QED) is 0.294.